The maximum Gasteiger partial charge on any atom is 0.354 e. The molecule has 1 rings (SSSR count). The van der Waals surface area contributed by atoms with Gasteiger partial charge in [-0.2, -0.15) is 0 Å². The van der Waals surface area contributed by atoms with E-state index >= 15 is 0 Å². The molecule has 0 aromatic heterocycles. The molecular weight excluding hydrogens is 210 g/mol. The molecule has 0 radical (unpaired) electrons. The first-order valence-corrected chi connectivity index (χ1v) is 4.19. The fourth-order valence-corrected chi connectivity index (χ4v) is 1.37. The summed E-state index contributed by atoms with van der Waals surface area (Å²) in [7, 11) is 0. The fraction of sp³-hybridized carbons (Fsp3) is 0.857. The van der Waals surface area contributed by atoms with Crippen LogP contribution >= 0.6 is 0 Å². The van der Waals surface area contributed by atoms with Crippen molar-refractivity contribution in [3.05, 3.63) is 0 Å². The van der Waals surface area contributed by atoms with E-state index < -0.39 is 42.7 Å². The summed E-state index contributed by atoms with van der Waals surface area (Å²) in [4.78, 5) is 10.7. The van der Waals surface area contributed by atoms with E-state index in [4.69, 9.17) is 15.9 Å². The summed E-state index contributed by atoms with van der Waals surface area (Å²) in [5.41, 5.74) is 2.67. The largest absolute Gasteiger partial charge is 0.478 e. The SMILES string of the molecule is N[C@@]1(C(=O)O)O[C@H](CO)[C@H](O)[C@H](O)[C@H]1O. The van der Waals surface area contributed by atoms with Crippen LogP contribution in [-0.2, 0) is 9.53 Å². The van der Waals surface area contributed by atoms with Gasteiger partial charge in [-0.3, -0.25) is 5.73 Å². The van der Waals surface area contributed by atoms with Crippen molar-refractivity contribution in [2.45, 2.75) is 30.1 Å². The molecule has 0 bridgehead atoms. The zero-order valence-electron chi connectivity index (χ0n) is 7.65. The minimum atomic E-state index is -2.54. The van der Waals surface area contributed by atoms with Crippen molar-refractivity contribution in [3.63, 3.8) is 0 Å². The van der Waals surface area contributed by atoms with Gasteiger partial charge in [0.25, 0.3) is 0 Å². The highest BCUT2D eigenvalue weighted by Gasteiger charge is 2.55. The fourth-order valence-electron chi connectivity index (χ4n) is 1.37. The second-order valence-corrected chi connectivity index (χ2v) is 3.36. The highest BCUT2D eigenvalue weighted by Crippen LogP contribution is 2.26. The molecule has 1 fully saturated rings. The summed E-state index contributed by atoms with van der Waals surface area (Å²) >= 11 is 0. The number of aliphatic carboxylic acids is 1. The summed E-state index contributed by atoms with van der Waals surface area (Å²) in [5.74, 6) is -1.69. The minimum Gasteiger partial charge on any atom is -0.478 e. The van der Waals surface area contributed by atoms with Gasteiger partial charge in [0, 0.05) is 0 Å². The molecule has 15 heavy (non-hydrogen) atoms. The normalized spacial score (nSPS) is 46.5. The first-order valence-electron chi connectivity index (χ1n) is 4.19. The topological polar surface area (TPSA) is 153 Å². The summed E-state index contributed by atoms with van der Waals surface area (Å²) in [6.45, 7) is -0.725. The van der Waals surface area contributed by atoms with Crippen molar-refractivity contribution in [1.29, 1.82) is 0 Å². The van der Waals surface area contributed by atoms with E-state index in [1.54, 1.807) is 0 Å². The number of rotatable bonds is 2. The van der Waals surface area contributed by atoms with Crippen LogP contribution in [0.15, 0.2) is 0 Å². The highest BCUT2D eigenvalue weighted by atomic mass is 16.6. The van der Waals surface area contributed by atoms with Crippen LogP contribution in [0.4, 0.5) is 0 Å². The molecule has 0 saturated carbocycles. The lowest BCUT2D eigenvalue weighted by molar-refractivity contribution is -0.271. The van der Waals surface area contributed by atoms with Gasteiger partial charge in [0.05, 0.1) is 6.61 Å². The molecule has 1 heterocycles. The van der Waals surface area contributed by atoms with Gasteiger partial charge in [0.1, 0.15) is 24.4 Å². The molecule has 0 spiro atoms. The first kappa shape index (κ1) is 12.3. The Morgan fingerprint density at radius 2 is 1.87 bits per heavy atom. The molecule has 1 aliphatic rings. The van der Waals surface area contributed by atoms with Gasteiger partial charge in [-0.1, -0.05) is 0 Å². The second-order valence-electron chi connectivity index (χ2n) is 3.36. The van der Waals surface area contributed by atoms with Crippen molar-refractivity contribution in [3.8, 4) is 0 Å². The van der Waals surface area contributed by atoms with E-state index in [0.717, 1.165) is 0 Å². The number of aliphatic hydroxyl groups is 4. The zero-order valence-corrected chi connectivity index (χ0v) is 7.65. The van der Waals surface area contributed by atoms with Crippen molar-refractivity contribution in [2.75, 3.05) is 6.61 Å². The number of nitrogens with two attached hydrogens (primary N) is 1. The Labute approximate surface area is 84.5 Å². The molecule has 8 nitrogen and oxygen atoms in total. The predicted octanol–water partition coefficient (Wildman–Crippen LogP) is -3.80. The maximum absolute atomic E-state index is 10.7. The van der Waals surface area contributed by atoms with Crippen LogP contribution in [0.3, 0.4) is 0 Å². The standard InChI is InChI=1S/C7H13NO7/c8-7(6(13)14)5(12)4(11)3(10)2(1-9)15-7/h2-5,9-12H,1,8H2,(H,13,14)/t2-,3+,4+,5-,7-/m1/s1. The Balaban J connectivity index is 2.97. The molecule has 88 valence electrons. The van der Waals surface area contributed by atoms with Gasteiger partial charge >= 0.3 is 5.97 Å². The predicted molar refractivity (Wildman–Crippen MR) is 44.5 cm³/mol. The molecule has 0 unspecified atom stereocenters. The summed E-state index contributed by atoms with van der Waals surface area (Å²) in [6.07, 6.45) is -6.73. The molecule has 5 atom stereocenters. The Morgan fingerprint density at radius 3 is 2.27 bits per heavy atom. The van der Waals surface area contributed by atoms with E-state index in [-0.39, 0.29) is 0 Å². The number of hydrogen-bond acceptors (Lipinski definition) is 7. The van der Waals surface area contributed by atoms with Gasteiger partial charge in [0.15, 0.2) is 0 Å². The van der Waals surface area contributed by atoms with E-state index in [1.807, 2.05) is 0 Å². The summed E-state index contributed by atoms with van der Waals surface area (Å²) in [5, 5.41) is 45.4. The highest BCUT2D eigenvalue weighted by molar-refractivity contribution is 5.77. The van der Waals surface area contributed by atoms with Crippen LogP contribution in [0.25, 0.3) is 0 Å². The zero-order chi connectivity index (χ0) is 11.8. The third kappa shape index (κ3) is 1.83. The van der Waals surface area contributed by atoms with Crippen LogP contribution < -0.4 is 5.73 Å². The van der Waals surface area contributed by atoms with Gasteiger partial charge in [-0.15, -0.1) is 0 Å². The van der Waals surface area contributed by atoms with Crippen LogP contribution in [0, 0.1) is 0 Å². The van der Waals surface area contributed by atoms with E-state index in [0.29, 0.717) is 0 Å². The maximum atomic E-state index is 10.7. The van der Waals surface area contributed by atoms with Crippen molar-refractivity contribution in [2.24, 2.45) is 5.73 Å². The number of ether oxygens (including phenoxy) is 1. The molecule has 0 aromatic rings. The van der Waals surface area contributed by atoms with Crippen molar-refractivity contribution < 1.29 is 35.1 Å². The monoisotopic (exact) mass is 223 g/mol. The number of carbonyl (C=O) groups is 1. The lowest BCUT2D eigenvalue weighted by atomic mass is 9.91. The van der Waals surface area contributed by atoms with Crippen molar-refractivity contribution in [1.82, 2.24) is 0 Å². The average Bonchev–Trinajstić information content (AvgIpc) is 2.20. The quantitative estimate of drug-likeness (QED) is 0.278. The van der Waals surface area contributed by atoms with Gasteiger partial charge < -0.3 is 30.3 Å². The van der Waals surface area contributed by atoms with Crippen LogP contribution in [0.5, 0.6) is 0 Å². The third-order valence-corrected chi connectivity index (χ3v) is 2.35. The van der Waals surface area contributed by atoms with Gasteiger partial charge in [0.2, 0.25) is 5.72 Å². The lowest BCUT2D eigenvalue weighted by Crippen LogP contribution is -2.72. The lowest BCUT2D eigenvalue weighted by Gasteiger charge is -2.43. The molecule has 0 aromatic carbocycles. The van der Waals surface area contributed by atoms with Crippen LogP contribution in [0.1, 0.15) is 0 Å². The van der Waals surface area contributed by atoms with E-state index in [2.05, 4.69) is 4.74 Å². The third-order valence-electron chi connectivity index (χ3n) is 2.35. The Bertz CT molecular complexity index is 258. The van der Waals surface area contributed by atoms with Gasteiger partial charge in [-0.25, -0.2) is 4.79 Å². The Hall–Kier alpha value is -0.770. The summed E-state index contributed by atoms with van der Waals surface area (Å²) in [6, 6.07) is 0. The average molecular weight is 223 g/mol. The number of carboxylic acids is 1. The molecule has 8 heteroatoms. The number of carboxylic acid groups (broad SMARTS) is 1. The van der Waals surface area contributed by atoms with Crippen molar-refractivity contribution >= 4 is 5.97 Å². The van der Waals surface area contributed by atoms with Gasteiger partial charge in [-0.05, 0) is 0 Å². The second kappa shape index (κ2) is 4.00. The minimum absolute atomic E-state index is 0.725. The van der Waals surface area contributed by atoms with E-state index in [1.165, 1.54) is 0 Å². The number of aliphatic hydroxyl groups excluding tert-OH is 4. The van der Waals surface area contributed by atoms with Crippen LogP contribution in [0.2, 0.25) is 0 Å². The molecular formula is C7H13NO7. The summed E-state index contributed by atoms with van der Waals surface area (Å²) < 4.78 is 4.65. The Kier molecular flexibility index (Phi) is 3.28. The first-order chi connectivity index (χ1) is 6.84. The number of hydrogen-bond donors (Lipinski definition) is 6. The molecule has 0 aliphatic carbocycles. The van der Waals surface area contributed by atoms with Crippen LogP contribution in [-0.4, -0.2) is 68.2 Å². The Morgan fingerprint density at radius 1 is 1.33 bits per heavy atom. The van der Waals surface area contributed by atoms with E-state index in [9.17, 15) is 20.1 Å². The molecule has 1 saturated heterocycles. The smallest absolute Gasteiger partial charge is 0.354 e. The molecule has 1 aliphatic heterocycles. The molecule has 0 amide bonds. The molecule has 7 N–H and O–H groups in total.